The fourth-order valence-electron chi connectivity index (χ4n) is 0.973. The number of carboxylic acid groups (broad SMARTS) is 1. The molecule has 1 amide bonds. The fraction of sp³-hybridized carbons (Fsp3) is 0.125. The maximum atomic E-state index is 10.3. The molecule has 0 radical (unpaired) electrons. The maximum Gasteiger partial charge on any atom is 0.409 e. The zero-order valence-corrected chi connectivity index (χ0v) is 6.86. The summed E-state index contributed by atoms with van der Waals surface area (Å²) < 4.78 is 0. The molecule has 0 aromatic heterocycles. The lowest BCUT2D eigenvalue weighted by Gasteiger charge is -2.06. The van der Waals surface area contributed by atoms with E-state index >= 15 is 0 Å². The molecule has 0 aliphatic heterocycles. The number of hydrogen-bond acceptors (Lipinski definition) is 3. The molecule has 0 saturated carbocycles. The first-order chi connectivity index (χ1) is 6.24. The minimum Gasteiger partial charge on any atom is -0.465 e. The molecular weight excluding hydrogens is 172 g/mol. The molecule has 5 heteroatoms. The fourth-order valence-corrected chi connectivity index (χ4v) is 0.973. The molecule has 4 N–H and O–H groups in total. The molecular formula is C8H10N2O3. The van der Waals surface area contributed by atoms with Crippen LogP contribution in [0.5, 0.6) is 0 Å². The quantitative estimate of drug-likeness (QED) is 0.612. The Kier molecular flexibility index (Phi) is 3.24. The Balaban J connectivity index is 2.84. The van der Waals surface area contributed by atoms with Crippen LogP contribution < -0.4 is 11.2 Å². The van der Waals surface area contributed by atoms with Crippen LogP contribution in [0, 0.1) is 0 Å². The van der Waals surface area contributed by atoms with E-state index in [1.54, 1.807) is 24.3 Å². The minimum absolute atomic E-state index is 0.177. The summed E-state index contributed by atoms with van der Waals surface area (Å²) in [4.78, 5) is 14.8. The number of hydrogen-bond donors (Lipinski definition) is 3. The lowest BCUT2D eigenvalue weighted by molar-refractivity contribution is 0.124. The van der Waals surface area contributed by atoms with Gasteiger partial charge in [0.15, 0.2) is 0 Å². The Morgan fingerprint density at radius 3 is 2.85 bits per heavy atom. The molecule has 0 unspecified atom stereocenters. The summed E-state index contributed by atoms with van der Waals surface area (Å²) in [5, 5.41) is 10.7. The summed E-state index contributed by atoms with van der Waals surface area (Å²) in [6, 6.07) is 6.88. The highest BCUT2D eigenvalue weighted by atomic mass is 16.6. The van der Waals surface area contributed by atoms with Crippen LogP contribution in [0.3, 0.4) is 0 Å². The maximum absolute atomic E-state index is 10.3. The summed E-state index contributed by atoms with van der Waals surface area (Å²) in [6.45, 7) is 0.177. The molecule has 0 fully saturated rings. The van der Waals surface area contributed by atoms with Gasteiger partial charge >= 0.3 is 6.09 Å². The molecule has 0 saturated heterocycles. The molecule has 1 aromatic rings. The van der Waals surface area contributed by atoms with Gasteiger partial charge in [0, 0.05) is 11.3 Å². The Labute approximate surface area is 75.1 Å². The second-order valence-corrected chi connectivity index (χ2v) is 2.40. The van der Waals surface area contributed by atoms with Gasteiger partial charge in [-0.2, -0.15) is 0 Å². The van der Waals surface area contributed by atoms with Crippen molar-refractivity contribution in [2.75, 3.05) is 5.32 Å². The first kappa shape index (κ1) is 9.50. The van der Waals surface area contributed by atoms with E-state index in [2.05, 4.69) is 10.2 Å². The normalized spacial score (nSPS) is 9.62. The van der Waals surface area contributed by atoms with E-state index in [9.17, 15) is 4.79 Å². The Hall–Kier alpha value is -1.59. The molecule has 0 aliphatic carbocycles. The molecule has 1 rings (SSSR count). The number of benzene rings is 1. The second kappa shape index (κ2) is 4.44. The first-order valence-electron chi connectivity index (χ1n) is 3.63. The van der Waals surface area contributed by atoms with Crippen LogP contribution in [-0.2, 0) is 11.4 Å². The predicted octanol–water partition coefficient (Wildman–Crippen LogP) is 1.17. The van der Waals surface area contributed by atoms with Crippen LogP contribution >= 0.6 is 0 Å². The summed E-state index contributed by atoms with van der Waals surface area (Å²) in [7, 11) is 0. The summed E-state index contributed by atoms with van der Waals surface area (Å²) >= 11 is 0. The van der Waals surface area contributed by atoms with Crippen LogP contribution in [0.1, 0.15) is 5.56 Å². The molecule has 70 valence electrons. The van der Waals surface area contributed by atoms with Crippen LogP contribution in [0.15, 0.2) is 24.3 Å². The van der Waals surface area contributed by atoms with Gasteiger partial charge in [0.2, 0.25) is 0 Å². The van der Waals surface area contributed by atoms with E-state index in [-0.39, 0.29) is 6.61 Å². The van der Waals surface area contributed by atoms with Crippen LogP contribution in [0.25, 0.3) is 0 Å². The average molecular weight is 182 g/mol. The highest BCUT2D eigenvalue weighted by molar-refractivity contribution is 5.83. The van der Waals surface area contributed by atoms with Crippen LogP contribution in [0.2, 0.25) is 0 Å². The van der Waals surface area contributed by atoms with E-state index in [0.29, 0.717) is 11.3 Å². The molecule has 0 spiro atoms. The van der Waals surface area contributed by atoms with Crippen molar-refractivity contribution >= 4 is 11.8 Å². The first-order valence-corrected chi connectivity index (χ1v) is 3.63. The van der Waals surface area contributed by atoms with Gasteiger partial charge in [-0.25, -0.2) is 10.7 Å². The smallest absolute Gasteiger partial charge is 0.409 e. The van der Waals surface area contributed by atoms with E-state index in [4.69, 9.17) is 11.0 Å². The van der Waals surface area contributed by atoms with E-state index in [0.717, 1.165) is 0 Å². The lowest BCUT2D eigenvalue weighted by atomic mass is 10.2. The number of anilines is 1. The van der Waals surface area contributed by atoms with Gasteiger partial charge in [0.05, 0.1) is 6.61 Å². The molecule has 1 aromatic carbocycles. The molecule has 0 aliphatic rings. The SMILES string of the molecule is NOCc1ccccc1NC(=O)O. The standard InChI is InChI=1S/C8H10N2O3/c9-13-5-6-3-1-2-4-7(6)10-8(11)12/h1-4,10H,5,9H2,(H,11,12). The van der Waals surface area contributed by atoms with Gasteiger partial charge in [-0.3, -0.25) is 10.2 Å². The predicted molar refractivity (Wildman–Crippen MR) is 47.1 cm³/mol. The number of nitrogens with two attached hydrogens (primary N) is 1. The Bertz CT molecular complexity index is 301. The van der Waals surface area contributed by atoms with Gasteiger partial charge < -0.3 is 5.11 Å². The third-order valence-corrected chi connectivity index (χ3v) is 1.50. The highest BCUT2D eigenvalue weighted by Crippen LogP contribution is 2.14. The number of amides is 1. The number of para-hydroxylation sites is 1. The second-order valence-electron chi connectivity index (χ2n) is 2.40. The molecule has 13 heavy (non-hydrogen) atoms. The lowest BCUT2D eigenvalue weighted by Crippen LogP contribution is -2.10. The van der Waals surface area contributed by atoms with Crippen molar-refractivity contribution in [2.45, 2.75) is 6.61 Å². The molecule has 0 atom stereocenters. The summed E-state index contributed by atoms with van der Waals surface area (Å²) in [5.74, 6) is 4.89. The minimum atomic E-state index is -1.11. The van der Waals surface area contributed by atoms with Gasteiger partial charge in [-0.05, 0) is 6.07 Å². The third-order valence-electron chi connectivity index (χ3n) is 1.50. The summed E-state index contributed by atoms with van der Waals surface area (Å²) in [6.07, 6.45) is -1.11. The molecule has 0 heterocycles. The van der Waals surface area contributed by atoms with Gasteiger partial charge in [-0.15, -0.1) is 0 Å². The Morgan fingerprint density at radius 1 is 1.54 bits per heavy atom. The van der Waals surface area contributed by atoms with Gasteiger partial charge in [0.1, 0.15) is 0 Å². The zero-order valence-electron chi connectivity index (χ0n) is 6.86. The van der Waals surface area contributed by atoms with Crippen LogP contribution in [-0.4, -0.2) is 11.2 Å². The Morgan fingerprint density at radius 2 is 2.23 bits per heavy atom. The number of nitrogens with one attached hydrogen (secondary N) is 1. The number of rotatable bonds is 3. The number of carbonyl (C=O) groups is 1. The van der Waals surface area contributed by atoms with Crippen molar-refractivity contribution in [1.82, 2.24) is 0 Å². The largest absolute Gasteiger partial charge is 0.465 e. The topological polar surface area (TPSA) is 84.6 Å². The van der Waals surface area contributed by atoms with E-state index in [1.165, 1.54) is 0 Å². The zero-order chi connectivity index (χ0) is 9.68. The van der Waals surface area contributed by atoms with Gasteiger partial charge in [0.25, 0.3) is 0 Å². The third kappa shape index (κ3) is 2.73. The van der Waals surface area contributed by atoms with Crippen molar-refractivity contribution < 1.29 is 14.7 Å². The molecule has 5 nitrogen and oxygen atoms in total. The average Bonchev–Trinajstić information content (AvgIpc) is 2.08. The van der Waals surface area contributed by atoms with Crippen molar-refractivity contribution in [3.63, 3.8) is 0 Å². The van der Waals surface area contributed by atoms with Crippen LogP contribution in [0.4, 0.5) is 10.5 Å². The van der Waals surface area contributed by atoms with Crippen molar-refractivity contribution in [1.29, 1.82) is 0 Å². The summed E-state index contributed by atoms with van der Waals surface area (Å²) in [5.41, 5.74) is 1.19. The van der Waals surface area contributed by atoms with Crippen molar-refractivity contribution in [3.8, 4) is 0 Å². The van der Waals surface area contributed by atoms with Gasteiger partial charge in [-0.1, -0.05) is 18.2 Å². The van der Waals surface area contributed by atoms with E-state index < -0.39 is 6.09 Å². The molecule has 0 bridgehead atoms. The highest BCUT2D eigenvalue weighted by Gasteiger charge is 2.03. The van der Waals surface area contributed by atoms with E-state index in [1.807, 2.05) is 0 Å². The monoisotopic (exact) mass is 182 g/mol. The van der Waals surface area contributed by atoms with Crippen molar-refractivity contribution in [3.05, 3.63) is 29.8 Å². The van der Waals surface area contributed by atoms with Crippen molar-refractivity contribution in [2.24, 2.45) is 5.90 Å².